The van der Waals surface area contributed by atoms with Crippen LogP contribution >= 0.6 is 0 Å². The lowest BCUT2D eigenvalue weighted by molar-refractivity contribution is -0.145. The average molecular weight is 263 g/mol. The number of aryl methyl sites for hydroxylation is 1. The van der Waals surface area contributed by atoms with Crippen LogP contribution in [0, 0.1) is 6.92 Å². The van der Waals surface area contributed by atoms with Crippen LogP contribution < -0.4 is 4.74 Å². The number of ether oxygens (including phenoxy) is 2. The van der Waals surface area contributed by atoms with Gasteiger partial charge in [-0.05, 0) is 32.9 Å². The first-order chi connectivity index (χ1) is 9.04. The molecule has 0 radical (unpaired) electrons. The maximum Gasteiger partial charge on any atom is 0.260 e. The second-order valence-corrected chi connectivity index (χ2v) is 5.16. The van der Waals surface area contributed by atoms with Crippen molar-refractivity contribution >= 4 is 5.91 Å². The van der Waals surface area contributed by atoms with Gasteiger partial charge in [-0.15, -0.1) is 0 Å². The van der Waals surface area contributed by atoms with Crippen molar-refractivity contribution < 1.29 is 14.3 Å². The van der Waals surface area contributed by atoms with Crippen molar-refractivity contribution in [2.45, 2.75) is 33.0 Å². The maximum atomic E-state index is 12.1. The zero-order valence-corrected chi connectivity index (χ0v) is 11.8. The number of carbonyl (C=O) groups is 1. The molecule has 0 bridgehead atoms. The van der Waals surface area contributed by atoms with E-state index >= 15 is 0 Å². The Labute approximate surface area is 114 Å². The summed E-state index contributed by atoms with van der Waals surface area (Å²) in [5, 5.41) is 0. The summed E-state index contributed by atoms with van der Waals surface area (Å²) < 4.78 is 11.1. The lowest BCUT2D eigenvalue weighted by atomic mass is 10.2. The number of nitrogens with zero attached hydrogens (tertiary/aromatic N) is 1. The maximum absolute atomic E-state index is 12.1. The third-order valence-electron chi connectivity index (χ3n) is 3.16. The second-order valence-electron chi connectivity index (χ2n) is 5.16. The molecule has 1 aliphatic rings. The summed E-state index contributed by atoms with van der Waals surface area (Å²) >= 11 is 0. The van der Waals surface area contributed by atoms with Gasteiger partial charge in [-0.3, -0.25) is 4.79 Å². The Bertz CT molecular complexity index is 420. The molecule has 0 N–H and O–H groups in total. The van der Waals surface area contributed by atoms with E-state index in [-0.39, 0.29) is 24.7 Å². The van der Waals surface area contributed by atoms with Crippen molar-refractivity contribution in [3.63, 3.8) is 0 Å². The van der Waals surface area contributed by atoms with Crippen molar-refractivity contribution in [3.05, 3.63) is 29.8 Å². The number of amides is 1. The summed E-state index contributed by atoms with van der Waals surface area (Å²) in [6.07, 6.45) is 0.180. The molecule has 1 amide bonds. The minimum Gasteiger partial charge on any atom is -0.484 e. The van der Waals surface area contributed by atoms with Crippen molar-refractivity contribution in [1.29, 1.82) is 0 Å². The third-order valence-corrected chi connectivity index (χ3v) is 3.16. The monoisotopic (exact) mass is 263 g/mol. The summed E-state index contributed by atoms with van der Waals surface area (Å²) in [5.74, 6) is 0.746. The molecule has 104 valence electrons. The Morgan fingerprint density at radius 2 is 1.84 bits per heavy atom. The number of hydrogen-bond donors (Lipinski definition) is 0. The van der Waals surface area contributed by atoms with Crippen molar-refractivity contribution in [2.75, 3.05) is 19.7 Å². The normalized spacial score (nSPS) is 23.2. The Kier molecular flexibility index (Phi) is 4.43. The number of morpholine rings is 1. The van der Waals surface area contributed by atoms with E-state index in [0.717, 1.165) is 5.75 Å². The first-order valence-electron chi connectivity index (χ1n) is 6.67. The smallest absolute Gasteiger partial charge is 0.260 e. The van der Waals surface area contributed by atoms with Gasteiger partial charge in [0.25, 0.3) is 5.91 Å². The summed E-state index contributed by atoms with van der Waals surface area (Å²) in [4.78, 5) is 13.9. The van der Waals surface area contributed by atoms with Crippen molar-refractivity contribution in [3.8, 4) is 5.75 Å². The van der Waals surface area contributed by atoms with Crippen LogP contribution in [0.25, 0.3) is 0 Å². The fraction of sp³-hybridized carbons (Fsp3) is 0.533. The molecule has 2 rings (SSSR count). The van der Waals surface area contributed by atoms with Crippen LogP contribution in [0.1, 0.15) is 19.4 Å². The molecule has 0 saturated carbocycles. The van der Waals surface area contributed by atoms with E-state index in [1.165, 1.54) is 5.56 Å². The van der Waals surface area contributed by atoms with E-state index in [9.17, 15) is 4.79 Å². The summed E-state index contributed by atoms with van der Waals surface area (Å²) in [7, 11) is 0. The van der Waals surface area contributed by atoms with Crippen LogP contribution in [0.5, 0.6) is 5.75 Å². The fourth-order valence-electron chi connectivity index (χ4n) is 2.25. The summed E-state index contributed by atoms with van der Waals surface area (Å²) in [6, 6.07) is 7.71. The fourth-order valence-corrected chi connectivity index (χ4v) is 2.25. The topological polar surface area (TPSA) is 38.8 Å². The molecule has 19 heavy (non-hydrogen) atoms. The molecule has 1 aromatic carbocycles. The van der Waals surface area contributed by atoms with Gasteiger partial charge in [0.05, 0.1) is 12.2 Å². The molecule has 0 aliphatic carbocycles. The minimum absolute atomic E-state index is 0.0163. The lowest BCUT2D eigenvalue weighted by Crippen LogP contribution is -2.49. The van der Waals surface area contributed by atoms with Gasteiger partial charge in [0.15, 0.2) is 6.61 Å². The van der Waals surface area contributed by atoms with Gasteiger partial charge in [0.2, 0.25) is 0 Å². The number of benzene rings is 1. The summed E-state index contributed by atoms with van der Waals surface area (Å²) in [6.45, 7) is 7.35. The van der Waals surface area contributed by atoms with Gasteiger partial charge >= 0.3 is 0 Å². The number of rotatable bonds is 3. The molecule has 4 nitrogen and oxygen atoms in total. The molecule has 4 heteroatoms. The van der Waals surface area contributed by atoms with Crippen LogP contribution in [0.3, 0.4) is 0 Å². The second kappa shape index (κ2) is 6.06. The molecule has 0 spiro atoms. The molecular weight excluding hydrogens is 242 g/mol. The average Bonchev–Trinajstić information content (AvgIpc) is 2.36. The molecule has 1 saturated heterocycles. The minimum atomic E-state index is 0.0163. The van der Waals surface area contributed by atoms with Crippen LogP contribution in [-0.2, 0) is 9.53 Å². The van der Waals surface area contributed by atoms with Crippen LogP contribution in [0.15, 0.2) is 24.3 Å². The van der Waals surface area contributed by atoms with E-state index in [1.807, 2.05) is 49.9 Å². The van der Waals surface area contributed by atoms with E-state index in [0.29, 0.717) is 13.1 Å². The highest BCUT2D eigenvalue weighted by Gasteiger charge is 2.25. The largest absolute Gasteiger partial charge is 0.484 e. The highest BCUT2D eigenvalue weighted by atomic mass is 16.5. The predicted molar refractivity (Wildman–Crippen MR) is 73.3 cm³/mol. The highest BCUT2D eigenvalue weighted by molar-refractivity contribution is 5.78. The first-order valence-corrected chi connectivity index (χ1v) is 6.67. The highest BCUT2D eigenvalue weighted by Crippen LogP contribution is 2.13. The molecule has 2 atom stereocenters. The van der Waals surface area contributed by atoms with E-state index in [2.05, 4.69) is 0 Å². The number of carbonyl (C=O) groups excluding carboxylic acids is 1. The first kappa shape index (κ1) is 13.9. The van der Waals surface area contributed by atoms with Gasteiger partial charge in [0.1, 0.15) is 5.75 Å². The van der Waals surface area contributed by atoms with Crippen LogP contribution in [-0.4, -0.2) is 42.7 Å². The molecule has 1 aromatic rings. The lowest BCUT2D eigenvalue weighted by Gasteiger charge is -2.35. The zero-order chi connectivity index (χ0) is 13.8. The van der Waals surface area contributed by atoms with Gasteiger partial charge in [0, 0.05) is 13.1 Å². The van der Waals surface area contributed by atoms with Gasteiger partial charge in [-0.1, -0.05) is 17.7 Å². The Morgan fingerprint density at radius 1 is 1.26 bits per heavy atom. The van der Waals surface area contributed by atoms with Crippen LogP contribution in [0.2, 0.25) is 0 Å². The van der Waals surface area contributed by atoms with Gasteiger partial charge < -0.3 is 14.4 Å². The summed E-state index contributed by atoms with van der Waals surface area (Å²) in [5.41, 5.74) is 1.18. The van der Waals surface area contributed by atoms with Crippen molar-refractivity contribution in [1.82, 2.24) is 4.90 Å². The SMILES string of the molecule is Cc1ccc(OCC(=O)N2CC(C)OC(C)C2)cc1. The zero-order valence-electron chi connectivity index (χ0n) is 11.8. The quantitative estimate of drug-likeness (QED) is 0.837. The van der Waals surface area contributed by atoms with E-state index in [4.69, 9.17) is 9.47 Å². The van der Waals surface area contributed by atoms with Gasteiger partial charge in [-0.25, -0.2) is 0 Å². The third kappa shape index (κ3) is 3.96. The van der Waals surface area contributed by atoms with E-state index in [1.54, 1.807) is 0 Å². The van der Waals surface area contributed by atoms with Gasteiger partial charge in [-0.2, -0.15) is 0 Å². The van der Waals surface area contributed by atoms with E-state index < -0.39 is 0 Å². The molecule has 2 unspecified atom stereocenters. The Morgan fingerprint density at radius 3 is 2.42 bits per heavy atom. The molecule has 0 aromatic heterocycles. The molecule has 1 aliphatic heterocycles. The molecule has 1 heterocycles. The standard InChI is InChI=1S/C15H21NO3/c1-11-4-6-14(7-5-11)18-10-15(17)16-8-12(2)19-13(3)9-16/h4-7,12-13H,8-10H2,1-3H3. The van der Waals surface area contributed by atoms with Crippen molar-refractivity contribution in [2.24, 2.45) is 0 Å². The molecular formula is C15H21NO3. The number of hydrogen-bond acceptors (Lipinski definition) is 3. The predicted octanol–water partition coefficient (Wildman–Crippen LogP) is 2.01. The van der Waals surface area contributed by atoms with Crippen LogP contribution in [0.4, 0.5) is 0 Å². The Hall–Kier alpha value is -1.55. The Balaban J connectivity index is 1.85. The molecule has 1 fully saturated rings.